The lowest BCUT2D eigenvalue weighted by Gasteiger charge is -2.52. The number of ether oxygens (including phenoxy) is 2. The van der Waals surface area contributed by atoms with Crippen LogP contribution < -0.4 is 9.47 Å². The topological polar surface area (TPSA) is 59.1 Å². The standard InChI is InChI=1S/C18H22N2O4/c1-18-12-10-15(24-3)14(23-2)9-11(12)6-8-20(18)16(21)13-5-4-7-19(13)17(18)22/h9-10,13H,4-8H2,1-3H3/t13-,18-/m0/s1. The van der Waals surface area contributed by atoms with Gasteiger partial charge in [0.2, 0.25) is 5.91 Å². The first-order valence-electron chi connectivity index (χ1n) is 8.40. The van der Waals surface area contributed by atoms with Gasteiger partial charge in [0.1, 0.15) is 11.6 Å². The van der Waals surface area contributed by atoms with Gasteiger partial charge in [0, 0.05) is 13.1 Å². The average Bonchev–Trinajstić information content (AvgIpc) is 3.09. The molecule has 0 saturated carbocycles. The van der Waals surface area contributed by atoms with Crippen LogP contribution >= 0.6 is 0 Å². The summed E-state index contributed by atoms with van der Waals surface area (Å²) in [6.45, 7) is 3.10. The van der Waals surface area contributed by atoms with Gasteiger partial charge < -0.3 is 19.3 Å². The zero-order chi connectivity index (χ0) is 17.1. The van der Waals surface area contributed by atoms with Gasteiger partial charge in [-0.25, -0.2) is 0 Å². The Labute approximate surface area is 141 Å². The van der Waals surface area contributed by atoms with Crippen LogP contribution in [0.5, 0.6) is 11.5 Å². The van der Waals surface area contributed by atoms with Gasteiger partial charge >= 0.3 is 0 Å². The number of carbonyl (C=O) groups excluding carboxylic acids is 2. The van der Waals surface area contributed by atoms with E-state index in [1.54, 1.807) is 24.0 Å². The molecule has 0 radical (unpaired) electrons. The normalized spacial score (nSPS) is 28.4. The van der Waals surface area contributed by atoms with E-state index < -0.39 is 5.54 Å². The fraction of sp³-hybridized carbons (Fsp3) is 0.556. The second kappa shape index (κ2) is 5.13. The van der Waals surface area contributed by atoms with Gasteiger partial charge in [-0.1, -0.05) is 0 Å². The van der Waals surface area contributed by atoms with Gasteiger partial charge in [-0.15, -0.1) is 0 Å². The summed E-state index contributed by atoms with van der Waals surface area (Å²) in [4.78, 5) is 29.8. The maximum atomic E-state index is 13.3. The highest BCUT2D eigenvalue weighted by atomic mass is 16.5. The van der Waals surface area contributed by atoms with Crippen LogP contribution in [0.25, 0.3) is 0 Å². The maximum absolute atomic E-state index is 13.3. The molecule has 4 rings (SSSR count). The lowest BCUT2D eigenvalue weighted by molar-refractivity contribution is -0.169. The van der Waals surface area contributed by atoms with E-state index in [2.05, 4.69) is 0 Å². The summed E-state index contributed by atoms with van der Waals surface area (Å²) in [6.07, 6.45) is 2.39. The van der Waals surface area contributed by atoms with Crippen molar-refractivity contribution in [3.63, 3.8) is 0 Å². The molecule has 0 bridgehead atoms. The zero-order valence-electron chi connectivity index (χ0n) is 14.3. The van der Waals surface area contributed by atoms with Gasteiger partial charge in [-0.3, -0.25) is 9.59 Å². The van der Waals surface area contributed by atoms with Crippen LogP contribution in [0.1, 0.15) is 30.9 Å². The predicted octanol–water partition coefficient (Wildman–Crippen LogP) is 1.31. The molecule has 1 aromatic carbocycles. The summed E-state index contributed by atoms with van der Waals surface area (Å²) in [5.74, 6) is 1.35. The Balaban J connectivity index is 1.89. The summed E-state index contributed by atoms with van der Waals surface area (Å²) in [7, 11) is 3.18. The van der Waals surface area contributed by atoms with Crippen molar-refractivity contribution >= 4 is 11.8 Å². The summed E-state index contributed by atoms with van der Waals surface area (Å²) in [5, 5.41) is 0. The van der Waals surface area contributed by atoms with Crippen molar-refractivity contribution in [2.75, 3.05) is 27.3 Å². The minimum Gasteiger partial charge on any atom is -0.493 e. The molecule has 0 spiro atoms. The molecule has 2 saturated heterocycles. The molecule has 2 amide bonds. The molecule has 128 valence electrons. The average molecular weight is 330 g/mol. The van der Waals surface area contributed by atoms with Crippen LogP contribution in [-0.2, 0) is 21.5 Å². The number of rotatable bonds is 2. The lowest BCUT2D eigenvalue weighted by atomic mass is 9.78. The molecular weight excluding hydrogens is 308 g/mol. The van der Waals surface area contributed by atoms with E-state index in [1.807, 2.05) is 19.1 Å². The molecule has 0 aliphatic carbocycles. The maximum Gasteiger partial charge on any atom is 0.253 e. The van der Waals surface area contributed by atoms with Crippen molar-refractivity contribution in [3.05, 3.63) is 23.3 Å². The number of carbonyl (C=O) groups is 2. The van der Waals surface area contributed by atoms with E-state index in [9.17, 15) is 9.59 Å². The molecule has 24 heavy (non-hydrogen) atoms. The molecule has 0 unspecified atom stereocenters. The highest BCUT2D eigenvalue weighted by Gasteiger charge is 2.57. The van der Waals surface area contributed by atoms with Crippen molar-refractivity contribution in [2.24, 2.45) is 0 Å². The first-order chi connectivity index (χ1) is 11.5. The molecule has 6 heteroatoms. The van der Waals surface area contributed by atoms with Gasteiger partial charge in [0.05, 0.1) is 14.2 Å². The van der Waals surface area contributed by atoms with Gasteiger partial charge in [0.25, 0.3) is 5.91 Å². The minimum atomic E-state index is -0.953. The van der Waals surface area contributed by atoms with Crippen LogP contribution in [0.2, 0.25) is 0 Å². The van der Waals surface area contributed by atoms with E-state index in [0.717, 1.165) is 30.4 Å². The van der Waals surface area contributed by atoms with Crippen LogP contribution in [0.15, 0.2) is 12.1 Å². The Kier molecular flexibility index (Phi) is 3.27. The molecule has 6 nitrogen and oxygen atoms in total. The molecule has 2 fully saturated rings. The Morgan fingerprint density at radius 3 is 2.54 bits per heavy atom. The largest absolute Gasteiger partial charge is 0.493 e. The van der Waals surface area contributed by atoms with E-state index in [4.69, 9.17) is 9.47 Å². The number of fused-ring (bicyclic) bond motifs is 4. The number of methoxy groups -OCH3 is 2. The van der Waals surface area contributed by atoms with E-state index in [0.29, 0.717) is 24.6 Å². The molecule has 0 aromatic heterocycles. The molecule has 0 N–H and O–H groups in total. The van der Waals surface area contributed by atoms with Crippen molar-refractivity contribution in [1.29, 1.82) is 0 Å². The quantitative estimate of drug-likeness (QED) is 0.820. The van der Waals surface area contributed by atoms with E-state index in [1.165, 1.54) is 0 Å². The minimum absolute atomic E-state index is 0.0257. The fourth-order valence-electron chi connectivity index (χ4n) is 4.47. The van der Waals surface area contributed by atoms with Crippen LogP contribution in [0, 0.1) is 0 Å². The molecule has 3 heterocycles. The Hall–Kier alpha value is -2.24. The smallest absolute Gasteiger partial charge is 0.253 e. The summed E-state index contributed by atoms with van der Waals surface area (Å²) in [5.41, 5.74) is 0.950. The van der Waals surface area contributed by atoms with Crippen molar-refractivity contribution in [2.45, 2.75) is 37.8 Å². The Morgan fingerprint density at radius 2 is 1.83 bits per heavy atom. The highest BCUT2D eigenvalue weighted by Crippen LogP contribution is 2.46. The number of hydrogen-bond acceptors (Lipinski definition) is 4. The predicted molar refractivity (Wildman–Crippen MR) is 87.1 cm³/mol. The fourth-order valence-corrected chi connectivity index (χ4v) is 4.47. The summed E-state index contributed by atoms with van der Waals surface area (Å²) < 4.78 is 10.8. The molecular formula is C18H22N2O4. The number of piperazine rings is 1. The third kappa shape index (κ3) is 1.77. The van der Waals surface area contributed by atoms with Crippen molar-refractivity contribution in [3.8, 4) is 11.5 Å². The molecule has 1 aromatic rings. The summed E-state index contributed by atoms with van der Waals surface area (Å²) in [6, 6.07) is 3.53. The van der Waals surface area contributed by atoms with Crippen LogP contribution in [0.3, 0.4) is 0 Å². The van der Waals surface area contributed by atoms with Gasteiger partial charge in [0.15, 0.2) is 11.5 Å². The molecule has 2 atom stereocenters. The van der Waals surface area contributed by atoms with E-state index >= 15 is 0 Å². The zero-order valence-corrected chi connectivity index (χ0v) is 14.3. The third-order valence-electron chi connectivity index (χ3n) is 5.76. The first-order valence-corrected chi connectivity index (χ1v) is 8.40. The third-order valence-corrected chi connectivity index (χ3v) is 5.76. The first kappa shape index (κ1) is 15.3. The van der Waals surface area contributed by atoms with Gasteiger partial charge in [-0.05, 0) is 49.4 Å². The second-order valence-electron chi connectivity index (χ2n) is 6.83. The second-order valence-corrected chi connectivity index (χ2v) is 6.83. The Bertz CT molecular complexity index is 732. The summed E-state index contributed by atoms with van der Waals surface area (Å²) >= 11 is 0. The number of amides is 2. The highest BCUT2D eigenvalue weighted by molar-refractivity contribution is 6.01. The van der Waals surface area contributed by atoms with Crippen molar-refractivity contribution < 1.29 is 19.1 Å². The van der Waals surface area contributed by atoms with Crippen LogP contribution in [-0.4, -0.2) is 55.0 Å². The molecule has 3 aliphatic rings. The number of benzene rings is 1. The van der Waals surface area contributed by atoms with Gasteiger partial charge in [-0.2, -0.15) is 0 Å². The number of nitrogens with zero attached hydrogens (tertiary/aromatic N) is 2. The Morgan fingerprint density at radius 1 is 1.12 bits per heavy atom. The molecule has 3 aliphatic heterocycles. The number of hydrogen-bond donors (Lipinski definition) is 0. The lowest BCUT2D eigenvalue weighted by Crippen LogP contribution is -2.68. The SMILES string of the molecule is COc1cc2c(cc1OC)[C@@]1(C)C(=O)N3CCC[C@H]3C(=O)N1CC2. The van der Waals surface area contributed by atoms with Crippen LogP contribution in [0.4, 0.5) is 0 Å². The monoisotopic (exact) mass is 330 g/mol. The van der Waals surface area contributed by atoms with E-state index in [-0.39, 0.29) is 17.9 Å². The van der Waals surface area contributed by atoms with Crippen molar-refractivity contribution in [1.82, 2.24) is 9.80 Å².